The molecule has 0 aliphatic carbocycles. The highest BCUT2D eigenvalue weighted by Crippen LogP contribution is 2.37. The molecule has 1 aromatic heterocycles. The second kappa shape index (κ2) is 7.91. The molecule has 1 unspecified atom stereocenters. The number of H-pyrrole nitrogens is 1. The first-order valence-electron chi connectivity index (χ1n) is 8.91. The largest absolute Gasteiger partial charge is 0.416 e. The van der Waals surface area contributed by atoms with Gasteiger partial charge in [-0.2, -0.15) is 18.4 Å². The van der Waals surface area contributed by atoms with E-state index in [4.69, 9.17) is 5.26 Å². The van der Waals surface area contributed by atoms with Crippen LogP contribution in [-0.2, 0) is 21.8 Å². The van der Waals surface area contributed by atoms with Gasteiger partial charge < -0.3 is 4.98 Å². The Morgan fingerprint density at radius 1 is 1.14 bits per heavy atom. The van der Waals surface area contributed by atoms with Gasteiger partial charge in [-0.3, -0.25) is 0 Å². The Labute approximate surface area is 166 Å². The number of nitriles is 1. The van der Waals surface area contributed by atoms with Crippen molar-refractivity contribution in [1.82, 2.24) is 4.98 Å². The molecule has 0 fully saturated rings. The zero-order valence-electron chi connectivity index (χ0n) is 15.6. The highest BCUT2D eigenvalue weighted by molar-refractivity contribution is 7.89. The molecule has 3 rings (SSSR count). The molecule has 0 saturated heterocycles. The van der Waals surface area contributed by atoms with E-state index in [2.05, 4.69) is 11.1 Å². The minimum Gasteiger partial charge on any atom is -0.361 e. The smallest absolute Gasteiger partial charge is 0.361 e. The molecule has 0 saturated carbocycles. The lowest BCUT2D eigenvalue weighted by atomic mass is 9.87. The fourth-order valence-electron chi connectivity index (χ4n) is 3.54. The summed E-state index contributed by atoms with van der Waals surface area (Å²) in [6.07, 6.45) is -0.835. The third kappa shape index (κ3) is 4.80. The van der Waals surface area contributed by atoms with Crippen LogP contribution in [0.4, 0.5) is 13.2 Å². The summed E-state index contributed by atoms with van der Waals surface area (Å²) >= 11 is 0. The molecular formula is C21H19F3N2O2S. The molecule has 4 nitrogen and oxygen atoms in total. The molecule has 0 spiro atoms. The first kappa shape index (κ1) is 20.9. The summed E-state index contributed by atoms with van der Waals surface area (Å²) in [5, 5.41) is 9.82. The number of halogens is 3. The number of fused-ring (bicyclic) bond motifs is 1. The van der Waals surface area contributed by atoms with Crippen molar-refractivity contribution in [1.29, 1.82) is 5.26 Å². The maximum absolute atomic E-state index is 12.9. The van der Waals surface area contributed by atoms with Gasteiger partial charge in [-0.1, -0.05) is 30.3 Å². The van der Waals surface area contributed by atoms with Gasteiger partial charge in [0.2, 0.25) is 0 Å². The van der Waals surface area contributed by atoms with E-state index in [1.54, 1.807) is 18.3 Å². The van der Waals surface area contributed by atoms with Gasteiger partial charge in [-0.05, 0) is 35.2 Å². The van der Waals surface area contributed by atoms with E-state index in [1.807, 2.05) is 6.07 Å². The molecule has 0 bridgehead atoms. The van der Waals surface area contributed by atoms with Gasteiger partial charge in [-0.15, -0.1) is 0 Å². The second-order valence-corrected chi connectivity index (χ2v) is 9.16. The van der Waals surface area contributed by atoms with E-state index in [0.29, 0.717) is 23.1 Å². The highest BCUT2D eigenvalue weighted by atomic mass is 32.2. The molecule has 0 radical (unpaired) electrons. The highest BCUT2D eigenvalue weighted by Gasteiger charge is 2.30. The van der Waals surface area contributed by atoms with Crippen LogP contribution in [0.25, 0.3) is 10.9 Å². The molecule has 8 heteroatoms. The van der Waals surface area contributed by atoms with E-state index < -0.39 is 21.6 Å². The van der Waals surface area contributed by atoms with Crippen LogP contribution in [0.1, 0.15) is 41.0 Å². The quantitative estimate of drug-likeness (QED) is 0.598. The molecule has 0 aliphatic heterocycles. The summed E-state index contributed by atoms with van der Waals surface area (Å²) in [6, 6.07) is 12.4. The third-order valence-corrected chi connectivity index (χ3v) is 5.65. The minimum atomic E-state index is -4.41. The molecule has 29 heavy (non-hydrogen) atoms. The summed E-state index contributed by atoms with van der Waals surface area (Å²) in [5.41, 5.74) is 2.08. The number of aromatic amines is 1. The van der Waals surface area contributed by atoms with E-state index in [0.717, 1.165) is 29.3 Å². The second-order valence-electron chi connectivity index (χ2n) is 7.02. The van der Waals surface area contributed by atoms with Crippen molar-refractivity contribution < 1.29 is 21.6 Å². The number of alkyl halides is 3. The minimum absolute atomic E-state index is 0.118. The average Bonchev–Trinajstić information content (AvgIpc) is 3.06. The molecule has 1 atom stereocenters. The zero-order valence-corrected chi connectivity index (χ0v) is 16.4. The van der Waals surface area contributed by atoms with Crippen molar-refractivity contribution in [2.45, 2.75) is 30.7 Å². The molecule has 2 aromatic carbocycles. The Kier molecular flexibility index (Phi) is 5.71. The molecule has 1 heterocycles. The number of nitrogens with zero attached hydrogens (tertiary/aromatic N) is 1. The summed E-state index contributed by atoms with van der Waals surface area (Å²) in [7, 11) is -3.23. The monoisotopic (exact) mass is 420 g/mol. The maximum atomic E-state index is 12.9. The molecular weight excluding hydrogens is 401 g/mol. The summed E-state index contributed by atoms with van der Waals surface area (Å²) in [6.45, 7) is 0. The van der Waals surface area contributed by atoms with Gasteiger partial charge in [0.1, 0.15) is 0 Å². The van der Waals surface area contributed by atoms with E-state index in [-0.39, 0.29) is 18.1 Å². The Hall–Kier alpha value is -2.79. The first-order chi connectivity index (χ1) is 13.6. The standard InChI is InChI=1S/C21H19F3N2O2S/c1-29(27,28)13-15-4-2-5-18-19(12-26-20(15)18)17(6-3-11-25)14-7-9-16(10-8-14)21(22,23)24/h2,4-5,7-10,12,17,26H,3,6,13H2,1H3. The fraction of sp³-hybridized carbons (Fsp3) is 0.286. The van der Waals surface area contributed by atoms with Crippen LogP contribution < -0.4 is 0 Å². The van der Waals surface area contributed by atoms with Crippen molar-refractivity contribution in [2.75, 3.05) is 6.26 Å². The van der Waals surface area contributed by atoms with Gasteiger partial charge in [0.25, 0.3) is 0 Å². The Bertz CT molecular complexity index is 1160. The molecule has 1 N–H and O–H groups in total. The Morgan fingerprint density at radius 3 is 2.41 bits per heavy atom. The lowest BCUT2D eigenvalue weighted by Crippen LogP contribution is -2.06. The maximum Gasteiger partial charge on any atom is 0.416 e. The lowest BCUT2D eigenvalue weighted by Gasteiger charge is -2.17. The van der Waals surface area contributed by atoms with Crippen molar-refractivity contribution in [3.63, 3.8) is 0 Å². The number of para-hydroxylation sites is 1. The number of hydrogen-bond acceptors (Lipinski definition) is 3. The third-order valence-electron chi connectivity index (χ3n) is 4.81. The molecule has 3 aromatic rings. The van der Waals surface area contributed by atoms with E-state index in [9.17, 15) is 21.6 Å². The van der Waals surface area contributed by atoms with Gasteiger partial charge in [0, 0.05) is 35.7 Å². The number of nitrogens with one attached hydrogen (secondary N) is 1. The summed E-state index contributed by atoms with van der Waals surface area (Å²) in [4.78, 5) is 3.11. The molecule has 0 amide bonds. The normalized spacial score (nSPS) is 13.3. The van der Waals surface area contributed by atoms with Gasteiger partial charge in [0.15, 0.2) is 9.84 Å². The topological polar surface area (TPSA) is 73.7 Å². The fourth-order valence-corrected chi connectivity index (χ4v) is 4.35. The van der Waals surface area contributed by atoms with E-state index in [1.165, 1.54) is 12.1 Å². The average molecular weight is 420 g/mol. The number of sulfone groups is 1. The lowest BCUT2D eigenvalue weighted by molar-refractivity contribution is -0.137. The molecule has 152 valence electrons. The number of benzene rings is 2. The van der Waals surface area contributed by atoms with Crippen molar-refractivity contribution in [3.8, 4) is 6.07 Å². The predicted octanol–water partition coefficient (Wildman–Crippen LogP) is 5.17. The van der Waals surface area contributed by atoms with Crippen LogP contribution in [0.15, 0.2) is 48.7 Å². The summed E-state index contributed by atoms with van der Waals surface area (Å²) in [5.74, 6) is -0.410. The molecule has 0 aliphatic rings. The van der Waals surface area contributed by atoms with Crippen molar-refractivity contribution in [3.05, 3.63) is 70.9 Å². The van der Waals surface area contributed by atoms with Crippen LogP contribution >= 0.6 is 0 Å². The number of rotatable bonds is 6. The van der Waals surface area contributed by atoms with Crippen LogP contribution in [-0.4, -0.2) is 19.7 Å². The van der Waals surface area contributed by atoms with Crippen LogP contribution in [0, 0.1) is 11.3 Å². The first-order valence-corrected chi connectivity index (χ1v) is 11.0. The van der Waals surface area contributed by atoms with Crippen LogP contribution in [0.3, 0.4) is 0 Å². The zero-order chi connectivity index (χ0) is 21.2. The van der Waals surface area contributed by atoms with Gasteiger partial charge >= 0.3 is 6.18 Å². The van der Waals surface area contributed by atoms with Crippen LogP contribution in [0.5, 0.6) is 0 Å². The van der Waals surface area contributed by atoms with Crippen LogP contribution in [0.2, 0.25) is 0 Å². The number of hydrogen-bond donors (Lipinski definition) is 1. The van der Waals surface area contributed by atoms with E-state index >= 15 is 0 Å². The van der Waals surface area contributed by atoms with Crippen molar-refractivity contribution in [2.24, 2.45) is 0 Å². The van der Waals surface area contributed by atoms with Gasteiger partial charge in [0.05, 0.1) is 17.4 Å². The van der Waals surface area contributed by atoms with Gasteiger partial charge in [-0.25, -0.2) is 8.42 Å². The Morgan fingerprint density at radius 2 is 1.83 bits per heavy atom. The Balaban J connectivity index is 2.07. The van der Waals surface area contributed by atoms with Crippen molar-refractivity contribution >= 4 is 20.7 Å². The SMILES string of the molecule is CS(=O)(=O)Cc1cccc2c(C(CCC#N)c3ccc(C(F)(F)F)cc3)c[nH]c12. The number of aromatic nitrogens is 1. The summed E-state index contributed by atoms with van der Waals surface area (Å²) < 4.78 is 62.1. The predicted molar refractivity (Wildman–Crippen MR) is 105 cm³/mol.